The van der Waals surface area contributed by atoms with Crippen LogP contribution in [0.3, 0.4) is 0 Å². The van der Waals surface area contributed by atoms with Crippen molar-refractivity contribution in [2.75, 3.05) is 19.6 Å². The molecule has 6 heteroatoms. The number of amides is 1. The zero-order valence-electron chi connectivity index (χ0n) is 13.4. The molecule has 0 saturated carbocycles. The van der Waals surface area contributed by atoms with Crippen LogP contribution in [0, 0.1) is 0 Å². The summed E-state index contributed by atoms with van der Waals surface area (Å²) in [7, 11) is 0. The van der Waals surface area contributed by atoms with E-state index in [9.17, 15) is 4.79 Å². The molecule has 1 aromatic rings. The summed E-state index contributed by atoms with van der Waals surface area (Å²) >= 11 is 0. The molecule has 0 fully saturated rings. The average molecular weight is 294 g/mol. The molecule has 0 unspecified atom stereocenters. The Hall–Kier alpha value is -1.82. The van der Waals surface area contributed by atoms with Crippen molar-refractivity contribution in [3.63, 3.8) is 0 Å². The maximum absolute atomic E-state index is 11.9. The highest BCUT2D eigenvalue weighted by molar-refractivity contribution is 5.68. The molecule has 0 aliphatic carbocycles. The SMILES string of the molecule is C=Cn1cc(CNCCN(CC)C(=O)OC(C)(C)C)cn1. The fraction of sp³-hybridized carbons (Fsp3) is 0.600. The monoisotopic (exact) mass is 294 g/mol. The summed E-state index contributed by atoms with van der Waals surface area (Å²) in [5, 5.41) is 7.39. The van der Waals surface area contributed by atoms with Gasteiger partial charge in [-0.25, -0.2) is 9.48 Å². The van der Waals surface area contributed by atoms with Crippen molar-refractivity contribution in [3.05, 3.63) is 24.5 Å². The van der Waals surface area contributed by atoms with Crippen LogP contribution in [-0.4, -0.2) is 46.0 Å². The van der Waals surface area contributed by atoms with Gasteiger partial charge in [0.2, 0.25) is 0 Å². The molecule has 0 aliphatic rings. The van der Waals surface area contributed by atoms with Crippen LogP contribution < -0.4 is 5.32 Å². The molecule has 0 saturated heterocycles. The number of hydrogen-bond donors (Lipinski definition) is 1. The first-order chi connectivity index (χ1) is 9.85. The van der Waals surface area contributed by atoms with Gasteiger partial charge in [-0.05, 0) is 27.7 Å². The minimum absolute atomic E-state index is 0.272. The molecule has 0 aliphatic heterocycles. The second-order valence-electron chi connectivity index (χ2n) is 5.75. The quantitative estimate of drug-likeness (QED) is 0.784. The molecule has 21 heavy (non-hydrogen) atoms. The van der Waals surface area contributed by atoms with Crippen LogP contribution in [0.2, 0.25) is 0 Å². The second kappa shape index (κ2) is 7.83. The smallest absolute Gasteiger partial charge is 0.410 e. The minimum atomic E-state index is -0.461. The van der Waals surface area contributed by atoms with Crippen molar-refractivity contribution in [2.45, 2.75) is 39.8 Å². The van der Waals surface area contributed by atoms with Crippen molar-refractivity contribution in [2.24, 2.45) is 0 Å². The number of nitrogens with zero attached hydrogens (tertiary/aromatic N) is 3. The molecule has 1 rings (SSSR count). The van der Waals surface area contributed by atoms with Gasteiger partial charge in [-0.2, -0.15) is 5.10 Å². The van der Waals surface area contributed by atoms with Crippen LogP contribution >= 0.6 is 0 Å². The van der Waals surface area contributed by atoms with E-state index in [1.54, 1.807) is 22.0 Å². The molecule has 0 spiro atoms. The molecular formula is C15H26N4O2. The van der Waals surface area contributed by atoms with Gasteiger partial charge in [0.05, 0.1) is 6.20 Å². The second-order valence-corrected chi connectivity index (χ2v) is 5.75. The lowest BCUT2D eigenvalue weighted by Crippen LogP contribution is -2.40. The van der Waals surface area contributed by atoms with E-state index in [1.165, 1.54) is 0 Å². The van der Waals surface area contributed by atoms with Crippen molar-refractivity contribution < 1.29 is 9.53 Å². The maximum atomic E-state index is 11.9. The van der Waals surface area contributed by atoms with Crippen LogP contribution in [-0.2, 0) is 11.3 Å². The van der Waals surface area contributed by atoms with Crippen molar-refractivity contribution in [3.8, 4) is 0 Å². The van der Waals surface area contributed by atoms with Crippen molar-refractivity contribution in [1.29, 1.82) is 0 Å². The van der Waals surface area contributed by atoms with E-state index in [2.05, 4.69) is 17.0 Å². The minimum Gasteiger partial charge on any atom is -0.444 e. The number of aromatic nitrogens is 2. The Morgan fingerprint density at radius 2 is 2.29 bits per heavy atom. The molecule has 1 heterocycles. The van der Waals surface area contributed by atoms with E-state index >= 15 is 0 Å². The third-order valence-electron chi connectivity index (χ3n) is 2.76. The molecule has 0 radical (unpaired) electrons. The molecule has 1 amide bonds. The Labute approximate surface area is 126 Å². The van der Waals surface area contributed by atoms with Gasteiger partial charge in [-0.3, -0.25) is 0 Å². The Balaban J connectivity index is 2.31. The van der Waals surface area contributed by atoms with Gasteiger partial charge in [-0.15, -0.1) is 0 Å². The van der Waals surface area contributed by atoms with Crippen molar-refractivity contribution in [1.82, 2.24) is 20.0 Å². The van der Waals surface area contributed by atoms with Crippen LogP contribution in [0.1, 0.15) is 33.3 Å². The van der Waals surface area contributed by atoms with Crippen LogP contribution in [0.25, 0.3) is 6.20 Å². The lowest BCUT2D eigenvalue weighted by Gasteiger charge is -2.26. The molecule has 0 aromatic carbocycles. The molecule has 118 valence electrons. The largest absolute Gasteiger partial charge is 0.444 e. The first-order valence-corrected chi connectivity index (χ1v) is 7.20. The van der Waals surface area contributed by atoms with E-state index in [-0.39, 0.29) is 6.09 Å². The van der Waals surface area contributed by atoms with Crippen molar-refractivity contribution >= 4 is 12.3 Å². The fourth-order valence-corrected chi connectivity index (χ4v) is 1.72. The zero-order chi connectivity index (χ0) is 15.9. The number of ether oxygens (including phenoxy) is 1. The molecule has 0 bridgehead atoms. The van der Waals surface area contributed by atoms with Gasteiger partial charge in [0.25, 0.3) is 0 Å². The normalized spacial score (nSPS) is 11.2. The van der Waals surface area contributed by atoms with Crippen LogP contribution in [0.5, 0.6) is 0 Å². The van der Waals surface area contributed by atoms with Gasteiger partial charge in [0, 0.05) is 44.1 Å². The summed E-state index contributed by atoms with van der Waals surface area (Å²) in [4.78, 5) is 13.6. The van der Waals surface area contributed by atoms with E-state index in [0.29, 0.717) is 26.2 Å². The van der Waals surface area contributed by atoms with Crippen LogP contribution in [0.4, 0.5) is 4.79 Å². The third-order valence-corrected chi connectivity index (χ3v) is 2.76. The zero-order valence-corrected chi connectivity index (χ0v) is 13.4. The number of carbonyl (C=O) groups is 1. The van der Waals surface area contributed by atoms with Gasteiger partial charge < -0.3 is 15.0 Å². The summed E-state index contributed by atoms with van der Waals surface area (Å²) in [5.74, 6) is 0. The van der Waals surface area contributed by atoms with E-state index in [4.69, 9.17) is 4.74 Å². The summed E-state index contributed by atoms with van der Waals surface area (Å²) < 4.78 is 7.02. The van der Waals surface area contributed by atoms with Gasteiger partial charge in [-0.1, -0.05) is 6.58 Å². The molecule has 1 N–H and O–H groups in total. The Kier molecular flexibility index (Phi) is 6.42. The molecule has 1 aromatic heterocycles. The summed E-state index contributed by atoms with van der Waals surface area (Å²) in [6, 6.07) is 0. The summed E-state index contributed by atoms with van der Waals surface area (Å²) in [5.41, 5.74) is 0.618. The standard InChI is InChI=1S/C15H26N4O2/c1-6-18(14(20)21-15(3,4)5)9-8-16-10-13-11-17-19(7-2)12-13/h7,11-12,16H,2,6,8-10H2,1,3-5H3. The molecule has 0 atom stereocenters. The summed E-state index contributed by atoms with van der Waals surface area (Å²) in [6.45, 7) is 13.8. The van der Waals surface area contributed by atoms with E-state index in [1.807, 2.05) is 33.9 Å². The first kappa shape index (κ1) is 17.2. The lowest BCUT2D eigenvalue weighted by molar-refractivity contribution is 0.0262. The van der Waals surface area contributed by atoms with Gasteiger partial charge in [0.15, 0.2) is 0 Å². The van der Waals surface area contributed by atoms with E-state index in [0.717, 1.165) is 5.56 Å². The number of carbonyl (C=O) groups excluding carboxylic acids is 1. The maximum Gasteiger partial charge on any atom is 0.410 e. The predicted octanol–water partition coefficient (Wildman–Crippen LogP) is 2.33. The van der Waals surface area contributed by atoms with Crippen LogP contribution in [0.15, 0.2) is 19.0 Å². The highest BCUT2D eigenvalue weighted by Crippen LogP contribution is 2.09. The lowest BCUT2D eigenvalue weighted by atomic mass is 10.2. The molecule has 6 nitrogen and oxygen atoms in total. The third kappa shape index (κ3) is 6.44. The highest BCUT2D eigenvalue weighted by Gasteiger charge is 2.20. The predicted molar refractivity (Wildman–Crippen MR) is 83.8 cm³/mol. The number of nitrogens with one attached hydrogen (secondary N) is 1. The Morgan fingerprint density at radius 3 is 2.81 bits per heavy atom. The Morgan fingerprint density at radius 1 is 1.57 bits per heavy atom. The number of likely N-dealkylation sites (N-methyl/N-ethyl adjacent to an activating group) is 1. The number of hydrogen-bond acceptors (Lipinski definition) is 4. The number of rotatable bonds is 7. The summed E-state index contributed by atoms with van der Waals surface area (Å²) in [6.07, 6.45) is 5.07. The van der Waals surface area contributed by atoms with E-state index < -0.39 is 5.60 Å². The first-order valence-electron chi connectivity index (χ1n) is 7.20. The average Bonchev–Trinajstić information content (AvgIpc) is 2.84. The van der Waals surface area contributed by atoms with Gasteiger partial charge >= 0.3 is 6.09 Å². The Bertz CT molecular complexity index is 462. The fourth-order valence-electron chi connectivity index (χ4n) is 1.72. The highest BCUT2D eigenvalue weighted by atomic mass is 16.6. The molecular weight excluding hydrogens is 268 g/mol. The van der Waals surface area contributed by atoms with Gasteiger partial charge in [0.1, 0.15) is 5.60 Å². The topological polar surface area (TPSA) is 59.4 Å².